The zero-order valence-electron chi connectivity index (χ0n) is 12.3. The van der Waals surface area contributed by atoms with E-state index < -0.39 is 10.0 Å². The molecule has 0 atom stereocenters. The Morgan fingerprint density at radius 1 is 1.00 bits per heavy atom. The van der Waals surface area contributed by atoms with Crippen molar-refractivity contribution in [1.82, 2.24) is 4.83 Å². The Morgan fingerprint density at radius 3 is 2.54 bits per heavy atom. The molecule has 3 rings (SSSR count). The average molecular weight is 405 g/mol. The molecule has 0 aliphatic rings. The van der Waals surface area contributed by atoms with Crippen molar-refractivity contribution in [1.29, 1.82) is 0 Å². The fourth-order valence-electron chi connectivity index (χ4n) is 2.18. The Morgan fingerprint density at radius 2 is 1.75 bits per heavy atom. The number of sulfonamides is 1. The van der Waals surface area contributed by atoms with E-state index in [4.69, 9.17) is 0 Å². The number of phenols is 1. The molecule has 0 saturated heterocycles. The highest BCUT2D eigenvalue weighted by atomic mass is 79.9. The van der Waals surface area contributed by atoms with Crippen LogP contribution in [-0.2, 0) is 10.0 Å². The molecule has 3 aromatic rings. The lowest BCUT2D eigenvalue weighted by molar-refractivity contribution is 0.474. The van der Waals surface area contributed by atoms with Gasteiger partial charge in [0.2, 0.25) is 0 Å². The minimum absolute atomic E-state index is 0.00635. The average Bonchev–Trinajstić information content (AvgIpc) is 2.57. The summed E-state index contributed by atoms with van der Waals surface area (Å²) in [5.41, 5.74) is 0.394. The molecule has 5 nitrogen and oxygen atoms in total. The number of aromatic hydroxyl groups is 1. The van der Waals surface area contributed by atoms with Crippen LogP contribution in [0.25, 0.3) is 10.8 Å². The van der Waals surface area contributed by atoms with E-state index in [1.54, 1.807) is 24.3 Å². The number of phenolic OH excluding ortho intramolecular Hbond substituents is 1. The van der Waals surface area contributed by atoms with E-state index in [0.717, 1.165) is 15.2 Å². The molecular weight excluding hydrogens is 392 g/mol. The zero-order valence-corrected chi connectivity index (χ0v) is 14.8. The third kappa shape index (κ3) is 3.58. The van der Waals surface area contributed by atoms with E-state index in [-0.39, 0.29) is 10.6 Å². The lowest BCUT2D eigenvalue weighted by atomic mass is 10.1. The van der Waals surface area contributed by atoms with Crippen molar-refractivity contribution in [3.05, 3.63) is 70.7 Å². The van der Waals surface area contributed by atoms with Crippen molar-refractivity contribution >= 4 is 42.9 Å². The smallest absolute Gasteiger partial charge is 0.276 e. The second-order valence-electron chi connectivity index (χ2n) is 5.07. The van der Waals surface area contributed by atoms with Crippen LogP contribution in [0.5, 0.6) is 5.75 Å². The van der Waals surface area contributed by atoms with Gasteiger partial charge >= 0.3 is 0 Å². The number of halogens is 1. The molecule has 0 saturated carbocycles. The number of benzene rings is 3. The van der Waals surface area contributed by atoms with Crippen LogP contribution < -0.4 is 4.83 Å². The highest BCUT2D eigenvalue weighted by molar-refractivity contribution is 9.10. The van der Waals surface area contributed by atoms with E-state index in [2.05, 4.69) is 25.9 Å². The van der Waals surface area contributed by atoms with Crippen molar-refractivity contribution in [3.8, 4) is 5.75 Å². The normalized spacial score (nSPS) is 11.9. The maximum atomic E-state index is 12.3. The number of nitrogens with one attached hydrogen (secondary N) is 1. The fraction of sp³-hybridized carbons (Fsp3) is 0. The molecule has 0 aliphatic carbocycles. The Labute approximate surface area is 147 Å². The van der Waals surface area contributed by atoms with Gasteiger partial charge in [-0.3, -0.25) is 0 Å². The molecule has 0 aromatic heterocycles. The number of fused-ring (bicyclic) bond motifs is 1. The Bertz CT molecular complexity index is 1030. The van der Waals surface area contributed by atoms with Crippen LogP contribution in [0.4, 0.5) is 0 Å². The molecule has 0 aliphatic heterocycles. The lowest BCUT2D eigenvalue weighted by Crippen LogP contribution is -2.18. The molecule has 2 N–H and O–H groups in total. The Hall–Kier alpha value is -2.38. The van der Waals surface area contributed by atoms with Crippen molar-refractivity contribution < 1.29 is 13.5 Å². The molecule has 0 heterocycles. The quantitative estimate of drug-likeness (QED) is 0.514. The first-order valence-electron chi connectivity index (χ1n) is 6.98. The van der Waals surface area contributed by atoms with Crippen LogP contribution in [0.15, 0.2) is 75.1 Å². The number of nitrogens with zero attached hydrogens (tertiary/aromatic N) is 1. The van der Waals surface area contributed by atoms with Crippen LogP contribution in [0, 0.1) is 0 Å². The summed E-state index contributed by atoms with van der Waals surface area (Å²) >= 11 is 3.28. The minimum atomic E-state index is -3.79. The predicted octanol–water partition coefficient (Wildman–Crippen LogP) is 3.62. The van der Waals surface area contributed by atoms with E-state index in [1.807, 2.05) is 24.3 Å². The summed E-state index contributed by atoms with van der Waals surface area (Å²) in [7, 11) is -3.79. The lowest BCUT2D eigenvalue weighted by Gasteiger charge is -2.05. The monoisotopic (exact) mass is 404 g/mol. The molecule has 122 valence electrons. The first-order chi connectivity index (χ1) is 11.5. The topological polar surface area (TPSA) is 78.8 Å². The Kier molecular flexibility index (Phi) is 4.55. The second-order valence-corrected chi connectivity index (χ2v) is 7.64. The van der Waals surface area contributed by atoms with Gasteiger partial charge in [-0.15, -0.1) is 0 Å². The molecule has 0 radical (unpaired) electrons. The Balaban J connectivity index is 1.84. The minimum Gasteiger partial charge on any atom is -0.507 e. The van der Waals surface area contributed by atoms with E-state index in [0.29, 0.717) is 5.56 Å². The van der Waals surface area contributed by atoms with E-state index >= 15 is 0 Å². The standard InChI is InChI=1S/C17H13BrN2O3S/c18-15-6-8-17(21)14(9-15)11-19-20-24(22,23)16-7-5-12-3-1-2-4-13(12)10-16/h1-11,20-21H/b19-11+. The van der Waals surface area contributed by atoms with Gasteiger partial charge in [-0.05, 0) is 41.1 Å². The predicted molar refractivity (Wildman–Crippen MR) is 97.7 cm³/mol. The van der Waals surface area contributed by atoms with Gasteiger partial charge in [0.05, 0.1) is 11.1 Å². The van der Waals surface area contributed by atoms with Crippen LogP contribution in [0.1, 0.15) is 5.56 Å². The van der Waals surface area contributed by atoms with Gasteiger partial charge < -0.3 is 5.11 Å². The summed E-state index contributed by atoms with van der Waals surface area (Å²) in [5.74, 6) is 0.00635. The maximum absolute atomic E-state index is 12.3. The van der Waals surface area contributed by atoms with Crippen molar-refractivity contribution in [2.75, 3.05) is 0 Å². The van der Waals surface area contributed by atoms with Gasteiger partial charge in [-0.2, -0.15) is 13.5 Å². The summed E-state index contributed by atoms with van der Waals surface area (Å²) < 4.78 is 25.4. The summed E-state index contributed by atoms with van der Waals surface area (Å²) in [6, 6.07) is 17.1. The SMILES string of the molecule is O=S(=O)(N/N=C/c1cc(Br)ccc1O)c1ccc2ccccc2c1. The summed E-state index contributed by atoms with van der Waals surface area (Å²) in [6.45, 7) is 0. The van der Waals surface area contributed by atoms with Crippen LogP contribution in [0.2, 0.25) is 0 Å². The van der Waals surface area contributed by atoms with Crippen LogP contribution in [-0.4, -0.2) is 19.7 Å². The number of hydrogen-bond acceptors (Lipinski definition) is 4. The molecule has 0 spiro atoms. The van der Waals surface area contributed by atoms with Crippen molar-refractivity contribution in [2.24, 2.45) is 5.10 Å². The molecule has 3 aromatic carbocycles. The second kappa shape index (κ2) is 6.62. The van der Waals surface area contributed by atoms with E-state index in [9.17, 15) is 13.5 Å². The molecule has 7 heteroatoms. The van der Waals surface area contributed by atoms with Crippen molar-refractivity contribution in [2.45, 2.75) is 4.90 Å². The van der Waals surface area contributed by atoms with Gasteiger partial charge in [0, 0.05) is 10.0 Å². The van der Waals surface area contributed by atoms with Gasteiger partial charge in [0.15, 0.2) is 0 Å². The molecule has 0 amide bonds. The molecule has 0 unspecified atom stereocenters. The summed E-state index contributed by atoms with van der Waals surface area (Å²) in [5, 5.41) is 15.2. The maximum Gasteiger partial charge on any atom is 0.276 e. The number of hydrazone groups is 1. The molecule has 24 heavy (non-hydrogen) atoms. The largest absolute Gasteiger partial charge is 0.507 e. The van der Waals surface area contributed by atoms with Gasteiger partial charge in [-0.25, -0.2) is 4.83 Å². The third-order valence-electron chi connectivity index (χ3n) is 3.40. The fourth-order valence-corrected chi connectivity index (χ4v) is 3.39. The highest BCUT2D eigenvalue weighted by Crippen LogP contribution is 2.21. The van der Waals surface area contributed by atoms with Crippen LogP contribution >= 0.6 is 15.9 Å². The molecule has 0 bridgehead atoms. The summed E-state index contributed by atoms with van der Waals surface area (Å²) in [4.78, 5) is 2.27. The zero-order chi connectivity index (χ0) is 17.2. The van der Waals surface area contributed by atoms with Gasteiger partial charge in [0.1, 0.15) is 5.75 Å². The first kappa shape index (κ1) is 16.5. The molecular formula is C17H13BrN2O3S. The van der Waals surface area contributed by atoms with Crippen molar-refractivity contribution in [3.63, 3.8) is 0 Å². The number of hydrogen-bond donors (Lipinski definition) is 2. The third-order valence-corrected chi connectivity index (χ3v) is 5.11. The van der Waals surface area contributed by atoms with E-state index in [1.165, 1.54) is 18.3 Å². The molecule has 0 fully saturated rings. The van der Waals surface area contributed by atoms with Gasteiger partial charge in [-0.1, -0.05) is 46.3 Å². The highest BCUT2D eigenvalue weighted by Gasteiger charge is 2.13. The first-order valence-corrected chi connectivity index (χ1v) is 9.25. The van der Waals surface area contributed by atoms with Gasteiger partial charge in [0.25, 0.3) is 10.0 Å². The van der Waals surface area contributed by atoms with Crippen LogP contribution in [0.3, 0.4) is 0 Å². The number of rotatable bonds is 4. The summed E-state index contributed by atoms with van der Waals surface area (Å²) in [6.07, 6.45) is 1.25.